The van der Waals surface area contributed by atoms with Gasteiger partial charge in [-0.05, 0) is 68.1 Å². The predicted octanol–water partition coefficient (Wildman–Crippen LogP) is 3.91. The molecule has 0 amide bonds. The zero-order chi connectivity index (χ0) is 19.6. The van der Waals surface area contributed by atoms with Crippen LogP contribution in [0.4, 0.5) is 0 Å². The molecular weight excluding hydrogens is 340 g/mol. The quantitative estimate of drug-likeness (QED) is 0.452. The lowest BCUT2D eigenvalue weighted by Gasteiger charge is -2.61. The van der Waals surface area contributed by atoms with Gasteiger partial charge in [-0.25, -0.2) is 0 Å². The van der Waals surface area contributed by atoms with Crippen LogP contribution in [-0.2, 0) is 14.3 Å². The normalized spacial score (nSPS) is 51.4. The summed E-state index contributed by atoms with van der Waals surface area (Å²) >= 11 is 0. The maximum Gasteiger partial charge on any atom is 0.302 e. The first-order valence-corrected chi connectivity index (χ1v) is 10.8. The molecule has 0 spiro atoms. The number of fused-ring (bicyclic) bond motifs is 5. The molecule has 0 aromatic rings. The Balaban J connectivity index is 1.73. The van der Waals surface area contributed by atoms with Crippen LogP contribution in [0.1, 0.15) is 66.2 Å². The van der Waals surface area contributed by atoms with E-state index in [-0.39, 0.29) is 23.4 Å². The molecule has 0 aliphatic heterocycles. The van der Waals surface area contributed by atoms with Crippen molar-refractivity contribution in [1.29, 1.82) is 0 Å². The van der Waals surface area contributed by atoms with E-state index in [1.165, 1.54) is 18.8 Å². The van der Waals surface area contributed by atoms with Crippen molar-refractivity contribution >= 4 is 12.3 Å². The fourth-order valence-corrected chi connectivity index (χ4v) is 7.82. The summed E-state index contributed by atoms with van der Waals surface area (Å²) in [6.07, 6.45) is 8.48. The number of aliphatic hydroxyl groups excluding tert-OH is 1. The second-order valence-corrected chi connectivity index (χ2v) is 10.1. The minimum absolute atomic E-state index is 0.0165. The zero-order valence-electron chi connectivity index (χ0n) is 17.1. The Kier molecular flexibility index (Phi) is 4.57. The first kappa shape index (κ1) is 19.2. The van der Waals surface area contributed by atoms with Crippen molar-refractivity contribution in [2.45, 2.75) is 78.4 Å². The Morgan fingerprint density at radius 2 is 2.00 bits per heavy atom. The molecule has 27 heavy (non-hydrogen) atoms. The average Bonchev–Trinajstić information content (AvgIpc) is 2.90. The molecule has 0 saturated heterocycles. The van der Waals surface area contributed by atoms with E-state index in [9.17, 15) is 14.7 Å². The van der Waals surface area contributed by atoms with E-state index in [2.05, 4.69) is 20.8 Å². The molecule has 0 bridgehead atoms. The highest BCUT2D eigenvalue weighted by molar-refractivity contribution is 5.68. The maximum atomic E-state index is 12.6. The number of ether oxygens (including phenoxy) is 1. The van der Waals surface area contributed by atoms with Crippen molar-refractivity contribution < 1.29 is 19.4 Å². The van der Waals surface area contributed by atoms with Crippen molar-refractivity contribution in [3.8, 4) is 0 Å². The van der Waals surface area contributed by atoms with Gasteiger partial charge in [-0.1, -0.05) is 32.4 Å². The van der Waals surface area contributed by atoms with Gasteiger partial charge < -0.3 is 14.6 Å². The van der Waals surface area contributed by atoms with E-state index in [0.29, 0.717) is 30.1 Å². The number of rotatable bonds is 2. The number of allylic oxidation sites excluding steroid dienone is 1. The van der Waals surface area contributed by atoms with Crippen molar-refractivity contribution in [3.05, 3.63) is 11.6 Å². The van der Waals surface area contributed by atoms with Crippen LogP contribution in [0.3, 0.4) is 0 Å². The van der Waals surface area contributed by atoms with Gasteiger partial charge in [0.05, 0.1) is 11.5 Å². The number of carbonyl (C=O) groups is 2. The Morgan fingerprint density at radius 3 is 2.67 bits per heavy atom. The van der Waals surface area contributed by atoms with E-state index in [4.69, 9.17) is 4.74 Å². The molecule has 3 saturated carbocycles. The van der Waals surface area contributed by atoms with Gasteiger partial charge in [0.2, 0.25) is 0 Å². The minimum atomic E-state index is -0.416. The number of carbonyl (C=O) groups excluding carboxylic acids is 2. The molecule has 9 atom stereocenters. The standard InChI is InChI=1S/C23H34O4/c1-13-9-16-11-17(26)10-14(2)23(16,12-24)19-7-8-22(4)18(21(13)19)5-6-20(22)27-15(3)25/h11-14,17-21,26H,5-10H2,1-4H3/t13-,14+,17+,18+,19+,20+,21+,22+,23+/m1/s1. The molecule has 4 aliphatic carbocycles. The molecule has 4 heteroatoms. The fourth-order valence-electron chi connectivity index (χ4n) is 7.82. The molecular formula is C23H34O4. The summed E-state index contributed by atoms with van der Waals surface area (Å²) in [4.78, 5) is 24.2. The fraction of sp³-hybridized carbons (Fsp3) is 0.826. The van der Waals surface area contributed by atoms with E-state index >= 15 is 0 Å². The number of hydrogen-bond donors (Lipinski definition) is 1. The van der Waals surface area contributed by atoms with Gasteiger partial charge in [0.25, 0.3) is 0 Å². The van der Waals surface area contributed by atoms with Crippen molar-refractivity contribution in [3.63, 3.8) is 0 Å². The number of aldehydes is 1. The number of aliphatic hydroxyl groups is 1. The molecule has 4 rings (SSSR count). The first-order chi connectivity index (χ1) is 12.7. The summed E-state index contributed by atoms with van der Waals surface area (Å²) in [5.41, 5.74) is 0.816. The maximum absolute atomic E-state index is 12.6. The first-order valence-electron chi connectivity index (χ1n) is 10.8. The number of hydrogen-bond acceptors (Lipinski definition) is 4. The highest BCUT2D eigenvalue weighted by Crippen LogP contribution is 2.67. The van der Waals surface area contributed by atoms with Gasteiger partial charge in [0.15, 0.2) is 0 Å². The van der Waals surface area contributed by atoms with Crippen molar-refractivity contribution in [2.24, 2.45) is 40.4 Å². The molecule has 1 N–H and O–H groups in total. The highest BCUT2D eigenvalue weighted by atomic mass is 16.5. The number of esters is 1. The van der Waals surface area contributed by atoms with Crippen molar-refractivity contribution in [2.75, 3.05) is 0 Å². The molecule has 4 nitrogen and oxygen atoms in total. The van der Waals surface area contributed by atoms with Crippen LogP contribution in [0.25, 0.3) is 0 Å². The summed E-state index contributed by atoms with van der Waals surface area (Å²) in [7, 11) is 0. The van der Waals surface area contributed by atoms with Gasteiger partial charge in [-0.15, -0.1) is 0 Å². The lowest BCUT2D eigenvalue weighted by Crippen LogP contribution is -2.58. The molecule has 4 aliphatic rings. The second kappa shape index (κ2) is 6.43. The monoisotopic (exact) mass is 374 g/mol. The molecule has 3 fully saturated rings. The van der Waals surface area contributed by atoms with Crippen LogP contribution >= 0.6 is 0 Å². The topological polar surface area (TPSA) is 63.6 Å². The zero-order valence-corrected chi connectivity index (χ0v) is 17.1. The summed E-state index contributed by atoms with van der Waals surface area (Å²) in [5.74, 6) is 1.84. The smallest absolute Gasteiger partial charge is 0.302 e. The Morgan fingerprint density at radius 1 is 1.26 bits per heavy atom. The van der Waals surface area contributed by atoms with Gasteiger partial charge in [-0.2, -0.15) is 0 Å². The summed E-state index contributed by atoms with van der Waals surface area (Å²) in [6.45, 7) is 8.30. The summed E-state index contributed by atoms with van der Waals surface area (Å²) < 4.78 is 5.74. The van der Waals surface area contributed by atoms with Gasteiger partial charge >= 0.3 is 5.97 Å². The SMILES string of the molecule is CC(=O)O[C@H]1CC[C@H]2[C@@H]3[C@H](C)CC4=C[C@@H](O)C[C@H](C)[C@]4(C=O)[C@H]3CC[C@]12C. The third kappa shape index (κ3) is 2.58. The lowest BCUT2D eigenvalue weighted by molar-refractivity contribution is -0.160. The van der Waals surface area contributed by atoms with Crippen LogP contribution in [0.5, 0.6) is 0 Å². The molecule has 0 unspecified atom stereocenters. The van der Waals surface area contributed by atoms with Crippen molar-refractivity contribution in [1.82, 2.24) is 0 Å². The van der Waals surface area contributed by atoms with Gasteiger partial charge in [0, 0.05) is 12.3 Å². The lowest BCUT2D eigenvalue weighted by atomic mass is 9.43. The van der Waals surface area contributed by atoms with E-state index in [1.54, 1.807) is 0 Å². The third-order valence-corrected chi connectivity index (χ3v) is 8.92. The largest absolute Gasteiger partial charge is 0.462 e. The van der Waals surface area contributed by atoms with Crippen LogP contribution < -0.4 is 0 Å². The van der Waals surface area contributed by atoms with E-state index in [1.807, 2.05) is 6.08 Å². The minimum Gasteiger partial charge on any atom is -0.462 e. The van der Waals surface area contributed by atoms with Gasteiger partial charge in [-0.3, -0.25) is 4.79 Å². The Hall–Kier alpha value is -1.16. The molecule has 0 aromatic heterocycles. The van der Waals surface area contributed by atoms with Crippen LogP contribution in [0, 0.1) is 40.4 Å². The van der Waals surface area contributed by atoms with Crippen LogP contribution in [-0.4, -0.2) is 29.6 Å². The Bertz CT molecular complexity index is 669. The predicted molar refractivity (Wildman–Crippen MR) is 103 cm³/mol. The summed E-state index contributed by atoms with van der Waals surface area (Å²) in [6, 6.07) is 0. The molecule has 0 heterocycles. The van der Waals surface area contributed by atoms with Crippen LogP contribution in [0.15, 0.2) is 11.6 Å². The molecule has 0 radical (unpaired) electrons. The van der Waals surface area contributed by atoms with Gasteiger partial charge in [0.1, 0.15) is 12.4 Å². The average molecular weight is 375 g/mol. The third-order valence-electron chi connectivity index (χ3n) is 8.92. The Labute approximate surface area is 162 Å². The summed E-state index contributed by atoms with van der Waals surface area (Å²) in [5, 5.41) is 10.3. The molecule has 0 aromatic carbocycles. The highest BCUT2D eigenvalue weighted by Gasteiger charge is 2.64. The van der Waals surface area contributed by atoms with Crippen LogP contribution in [0.2, 0.25) is 0 Å². The second-order valence-electron chi connectivity index (χ2n) is 10.1. The molecule has 150 valence electrons. The van der Waals surface area contributed by atoms with E-state index < -0.39 is 11.5 Å². The van der Waals surface area contributed by atoms with E-state index in [0.717, 1.165) is 32.1 Å².